The number of hydrogen-bond acceptors (Lipinski definition) is 3. The SMILES string of the molecule is [Ir+3].[c-]1ccccc1-c1ccc(CCc2cc(CCc3ccc(-c4[c-]cccc4)nc3)cc(-c3ccccc3-c3cnc(-c4[c-]cc5c6ccccc6n(-c6ccccc6)c5c4)cc3-c3ccc(-c4ccccc4)cc3)c2)cn1. The summed E-state index contributed by atoms with van der Waals surface area (Å²) in [6, 6.07) is 96.4. The van der Waals surface area contributed by atoms with Gasteiger partial charge < -0.3 is 19.5 Å². The fraction of sp³-hybridized carbons (Fsp3) is 0.0548. The molecule has 13 rings (SSSR count). The van der Waals surface area contributed by atoms with Crippen molar-refractivity contribution < 1.29 is 20.1 Å². The quantitative estimate of drug-likeness (QED) is 0.102. The number of fused-ring (bicyclic) bond motifs is 3. The summed E-state index contributed by atoms with van der Waals surface area (Å²) >= 11 is 0. The van der Waals surface area contributed by atoms with Gasteiger partial charge in [-0.25, -0.2) is 0 Å². The van der Waals surface area contributed by atoms with Crippen molar-refractivity contribution in [1.29, 1.82) is 0 Å². The first-order valence-electron chi connectivity index (χ1n) is 26.4. The molecule has 9 aromatic carbocycles. The Morgan fingerprint density at radius 2 is 0.872 bits per heavy atom. The Morgan fingerprint density at radius 3 is 1.50 bits per heavy atom. The first kappa shape index (κ1) is 49.7. The number of aromatic nitrogens is 4. The summed E-state index contributed by atoms with van der Waals surface area (Å²) in [5, 5.41) is 2.35. The van der Waals surface area contributed by atoms with Crippen LogP contribution in [0.1, 0.15) is 22.3 Å². The number of para-hydroxylation sites is 2. The molecule has 78 heavy (non-hydrogen) atoms. The van der Waals surface area contributed by atoms with Crippen LogP contribution in [0.2, 0.25) is 0 Å². The average molecular weight is 1180 g/mol. The van der Waals surface area contributed by atoms with Crippen molar-refractivity contribution in [2.45, 2.75) is 25.7 Å². The van der Waals surface area contributed by atoms with E-state index in [2.05, 4.69) is 235 Å². The van der Waals surface area contributed by atoms with E-state index in [1.807, 2.05) is 48.8 Å². The Balaban J connectivity index is 0.00000609. The molecule has 0 N–H and O–H groups in total. The van der Waals surface area contributed by atoms with Crippen molar-refractivity contribution >= 4 is 21.8 Å². The molecular weight excluding hydrogens is 1130 g/mol. The van der Waals surface area contributed by atoms with Crippen LogP contribution < -0.4 is 0 Å². The molecule has 0 amide bonds. The zero-order chi connectivity index (χ0) is 51.3. The molecule has 372 valence electrons. The number of nitrogens with zero attached hydrogens (tertiary/aromatic N) is 4. The monoisotopic (exact) mass is 1180 g/mol. The number of benzene rings is 9. The molecule has 0 aliphatic heterocycles. The van der Waals surface area contributed by atoms with Gasteiger partial charge in [-0.15, -0.1) is 95.6 Å². The predicted molar refractivity (Wildman–Crippen MR) is 316 cm³/mol. The van der Waals surface area contributed by atoms with E-state index in [0.717, 1.165) is 109 Å². The molecule has 4 aromatic heterocycles. The summed E-state index contributed by atoms with van der Waals surface area (Å²) in [6.45, 7) is 0. The van der Waals surface area contributed by atoms with Gasteiger partial charge in [-0.05, 0) is 133 Å². The van der Waals surface area contributed by atoms with Gasteiger partial charge in [0.15, 0.2) is 0 Å². The van der Waals surface area contributed by atoms with E-state index in [1.54, 1.807) is 0 Å². The van der Waals surface area contributed by atoms with E-state index in [-0.39, 0.29) is 20.1 Å². The fourth-order valence-corrected chi connectivity index (χ4v) is 10.8. The first-order valence-corrected chi connectivity index (χ1v) is 26.4. The molecule has 0 saturated carbocycles. The largest absolute Gasteiger partial charge is 3.00 e. The van der Waals surface area contributed by atoms with Crippen molar-refractivity contribution in [2.75, 3.05) is 0 Å². The second-order valence-electron chi connectivity index (χ2n) is 19.6. The minimum Gasteiger partial charge on any atom is -0.328 e. The Hall–Kier alpha value is -9.12. The van der Waals surface area contributed by atoms with Crippen LogP contribution in [0.5, 0.6) is 0 Å². The Bertz CT molecular complexity index is 4050. The number of pyridine rings is 3. The summed E-state index contributed by atoms with van der Waals surface area (Å²) in [5.41, 5.74) is 23.1. The number of hydrogen-bond donors (Lipinski definition) is 0. The van der Waals surface area contributed by atoms with Crippen LogP contribution >= 0.6 is 0 Å². The van der Waals surface area contributed by atoms with Gasteiger partial charge in [0.05, 0.1) is 0 Å². The second-order valence-corrected chi connectivity index (χ2v) is 19.6. The van der Waals surface area contributed by atoms with Crippen molar-refractivity contribution in [1.82, 2.24) is 19.5 Å². The Labute approximate surface area is 469 Å². The van der Waals surface area contributed by atoms with Crippen molar-refractivity contribution in [3.8, 4) is 84.0 Å². The van der Waals surface area contributed by atoms with E-state index in [1.165, 1.54) is 44.3 Å². The van der Waals surface area contributed by atoms with Gasteiger partial charge >= 0.3 is 20.1 Å². The zero-order valence-corrected chi connectivity index (χ0v) is 45.2. The molecule has 0 atom stereocenters. The van der Waals surface area contributed by atoms with Crippen LogP contribution in [0.3, 0.4) is 0 Å². The van der Waals surface area contributed by atoms with E-state index in [9.17, 15) is 0 Å². The van der Waals surface area contributed by atoms with Crippen LogP contribution in [0.15, 0.2) is 261 Å². The van der Waals surface area contributed by atoms with E-state index in [0.29, 0.717) is 0 Å². The van der Waals surface area contributed by atoms with E-state index in [4.69, 9.17) is 15.0 Å². The molecule has 5 heteroatoms. The summed E-state index contributed by atoms with van der Waals surface area (Å²) in [4.78, 5) is 15.0. The smallest absolute Gasteiger partial charge is 0.328 e. The minimum atomic E-state index is 0. The first-order chi connectivity index (χ1) is 38.1. The average Bonchev–Trinajstić information content (AvgIpc) is 4.03. The van der Waals surface area contributed by atoms with Crippen molar-refractivity contribution in [3.63, 3.8) is 0 Å². The standard InChI is InChI=1S/C73H51N4.Ir/c1-5-17-55(18-6-1)56-35-37-57(38-36-56)67-47-71(60-39-40-66-65-27-15-16-28-72(65)77(73(66)46-60)62-23-11-4-12-24-62)76-50-68(67)64-26-14-13-25-63(64)61-44-53(31-29-51-33-41-69(74-48-51)58-19-7-2-8-20-58)43-54(45-61)32-30-52-34-42-70(75-49-52)59-21-9-3-10-22-59;/h1-19,21,23-28,33-38,40-50H,29-32H2;/q-3;+3. The summed E-state index contributed by atoms with van der Waals surface area (Å²) in [7, 11) is 0. The maximum absolute atomic E-state index is 5.33. The topological polar surface area (TPSA) is 43.6 Å². The summed E-state index contributed by atoms with van der Waals surface area (Å²) in [6.07, 6.45) is 9.57. The van der Waals surface area contributed by atoms with Crippen LogP contribution in [-0.2, 0) is 45.8 Å². The van der Waals surface area contributed by atoms with Gasteiger partial charge in [0.25, 0.3) is 0 Å². The van der Waals surface area contributed by atoms with Crippen molar-refractivity contribution in [2.24, 2.45) is 0 Å². The third-order valence-corrected chi connectivity index (χ3v) is 14.7. The van der Waals surface area contributed by atoms with E-state index < -0.39 is 0 Å². The molecule has 4 nitrogen and oxygen atoms in total. The van der Waals surface area contributed by atoms with Crippen molar-refractivity contribution in [3.05, 3.63) is 302 Å². The van der Waals surface area contributed by atoms with Crippen LogP contribution in [0.4, 0.5) is 0 Å². The number of rotatable bonds is 14. The normalized spacial score (nSPS) is 11.2. The summed E-state index contributed by atoms with van der Waals surface area (Å²) < 4.78 is 2.35. The molecular formula is C73H51IrN4. The van der Waals surface area contributed by atoms with Crippen LogP contribution in [0, 0.1) is 18.2 Å². The fourth-order valence-electron chi connectivity index (χ4n) is 10.8. The predicted octanol–water partition coefficient (Wildman–Crippen LogP) is 17.6. The molecule has 0 saturated heterocycles. The molecule has 0 fully saturated rings. The molecule has 0 radical (unpaired) electrons. The van der Waals surface area contributed by atoms with Crippen LogP contribution in [0.25, 0.3) is 106 Å². The maximum Gasteiger partial charge on any atom is 3.00 e. The van der Waals surface area contributed by atoms with Gasteiger partial charge in [-0.3, -0.25) is 0 Å². The van der Waals surface area contributed by atoms with Gasteiger partial charge in [-0.2, -0.15) is 0 Å². The zero-order valence-electron chi connectivity index (χ0n) is 42.8. The molecule has 4 heterocycles. The summed E-state index contributed by atoms with van der Waals surface area (Å²) in [5.74, 6) is 0. The minimum absolute atomic E-state index is 0. The maximum atomic E-state index is 5.33. The third kappa shape index (κ3) is 10.4. The van der Waals surface area contributed by atoms with Gasteiger partial charge in [0, 0.05) is 35.4 Å². The Kier molecular flexibility index (Phi) is 14.4. The van der Waals surface area contributed by atoms with E-state index >= 15 is 0 Å². The van der Waals surface area contributed by atoms with Gasteiger partial charge in [-0.1, -0.05) is 169 Å². The molecule has 0 aliphatic carbocycles. The van der Waals surface area contributed by atoms with Crippen LogP contribution in [-0.4, -0.2) is 19.5 Å². The third-order valence-electron chi connectivity index (χ3n) is 14.7. The molecule has 13 aromatic rings. The van der Waals surface area contributed by atoms with Gasteiger partial charge in [0.2, 0.25) is 0 Å². The Morgan fingerprint density at radius 1 is 0.321 bits per heavy atom. The molecule has 0 bridgehead atoms. The van der Waals surface area contributed by atoms with Gasteiger partial charge in [0.1, 0.15) is 0 Å². The molecule has 0 unspecified atom stereocenters. The second kappa shape index (κ2) is 22.6. The number of aryl methyl sites for hydroxylation is 4. The molecule has 0 aliphatic rings. The molecule has 0 spiro atoms.